The molecule has 1 aliphatic rings. The summed E-state index contributed by atoms with van der Waals surface area (Å²) >= 11 is 0. The summed E-state index contributed by atoms with van der Waals surface area (Å²) in [5.74, 6) is 1.97. The van der Waals surface area contributed by atoms with Crippen LogP contribution in [0.4, 0.5) is 0 Å². The molecule has 1 aromatic heterocycles. The molecule has 0 radical (unpaired) electrons. The van der Waals surface area contributed by atoms with Gasteiger partial charge in [-0.25, -0.2) is 0 Å². The maximum Gasteiger partial charge on any atom is 0.231 e. The summed E-state index contributed by atoms with van der Waals surface area (Å²) in [6.07, 6.45) is 3.28. The molecule has 0 bridgehead atoms. The fourth-order valence-electron chi connectivity index (χ4n) is 2.08. The standard InChI is InChI=1S/C13H23N3O2/c1-4-10(14)8(3)13-15-12(16-18-13)11(17-5-2)9-6-7-9/h8-11H,4-7,14H2,1-3H3. The first-order valence-corrected chi connectivity index (χ1v) is 6.88. The highest BCUT2D eigenvalue weighted by Crippen LogP contribution is 2.42. The van der Waals surface area contributed by atoms with Gasteiger partial charge in [-0.2, -0.15) is 4.98 Å². The topological polar surface area (TPSA) is 74.2 Å². The molecular weight excluding hydrogens is 230 g/mol. The predicted molar refractivity (Wildman–Crippen MR) is 68.1 cm³/mol. The largest absolute Gasteiger partial charge is 0.370 e. The predicted octanol–water partition coefficient (Wildman–Crippen LogP) is 2.40. The number of hydrogen-bond donors (Lipinski definition) is 1. The molecule has 0 aromatic carbocycles. The Balaban J connectivity index is 2.08. The zero-order valence-corrected chi connectivity index (χ0v) is 11.4. The van der Waals surface area contributed by atoms with Crippen molar-refractivity contribution in [1.82, 2.24) is 10.1 Å². The molecule has 0 saturated heterocycles. The van der Waals surface area contributed by atoms with Crippen molar-refractivity contribution in [2.24, 2.45) is 11.7 Å². The van der Waals surface area contributed by atoms with E-state index in [1.807, 2.05) is 13.8 Å². The van der Waals surface area contributed by atoms with Gasteiger partial charge in [0.25, 0.3) is 0 Å². The van der Waals surface area contributed by atoms with Gasteiger partial charge in [-0.3, -0.25) is 0 Å². The normalized spacial score (nSPS) is 20.7. The number of nitrogens with zero attached hydrogens (tertiary/aromatic N) is 2. The third-order valence-corrected chi connectivity index (χ3v) is 3.61. The van der Waals surface area contributed by atoms with E-state index in [1.54, 1.807) is 0 Å². The molecule has 2 rings (SSSR count). The highest BCUT2D eigenvalue weighted by Gasteiger charge is 2.36. The number of nitrogens with two attached hydrogens (primary N) is 1. The summed E-state index contributed by atoms with van der Waals surface area (Å²) < 4.78 is 11.0. The minimum Gasteiger partial charge on any atom is -0.370 e. The van der Waals surface area contributed by atoms with Gasteiger partial charge in [0.05, 0.1) is 5.92 Å². The lowest BCUT2D eigenvalue weighted by molar-refractivity contribution is 0.0384. The summed E-state index contributed by atoms with van der Waals surface area (Å²) in [5, 5.41) is 4.07. The van der Waals surface area contributed by atoms with E-state index in [0.29, 0.717) is 24.2 Å². The lowest BCUT2D eigenvalue weighted by Crippen LogP contribution is -2.25. The van der Waals surface area contributed by atoms with E-state index in [2.05, 4.69) is 17.1 Å². The molecule has 3 atom stereocenters. The molecule has 0 aliphatic heterocycles. The van der Waals surface area contributed by atoms with E-state index in [9.17, 15) is 0 Å². The minimum atomic E-state index is -0.00227. The van der Waals surface area contributed by atoms with Crippen LogP contribution < -0.4 is 5.73 Å². The van der Waals surface area contributed by atoms with Gasteiger partial charge >= 0.3 is 0 Å². The SMILES string of the molecule is CCOC(c1noc(C(C)C(N)CC)n1)C1CC1. The van der Waals surface area contributed by atoms with Gasteiger partial charge in [-0.15, -0.1) is 0 Å². The summed E-state index contributed by atoms with van der Waals surface area (Å²) in [6, 6.07) is 0.0600. The van der Waals surface area contributed by atoms with E-state index >= 15 is 0 Å². The fraction of sp³-hybridized carbons (Fsp3) is 0.846. The van der Waals surface area contributed by atoms with Crippen LogP contribution in [0, 0.1) is 5.92 Å². The molecule has 5 nitrogen and oxygen atoms in total. The maximum atomic E-state index is 6.01. The molecule has 2 N–H and O–H groups in total. The fourth-order valence-corrected chi connectivity index (χ4v) is 2.08. The Morgan fingerprint density at radius 2 is 2.17 bits per heavy atom. The molecule has 1 saturated carbocycles. The second-order valence-electron chi connectivity index (χ2n) is 5.06. The highest BCUT2D eigenvalue weighted by molar-refractivity contribution is 5.02. The van der Waals surface area contributed by atoms with Crippen molar-refractivity contribution in [2.75, 3.05) is 6.61 Å². The zero-order valence-electron chi connectivity index (χ0n) is 11.4. The molecule has 0 amide bonds. The summed E-state index contributed by atoms with van der Waals surface area (Å²) in [6.45, 7) is 6.75. The molecule has 18 heavy (non-hydrogen) atoms. The van der Waals surface area contributed by atoms with Crippen LogP contribution in [0.3, 0.4) is 0 Å². The Morgan fingerprint density at radius 3 is 2.72 bits per heavy atom. The first kappa shape index (κ1) is 13.5. The summed E-state index contributed by atoms with van der Waals surface area (Å²) in [7, 11) is 0. The van der Waals surface area contributed by atoms with Gasteiger partial charge in [-0.05, 0) is 32.1 Å². The molecule has 1 fully saturated rings. The van der Waals surface area contributed by atoms with Gasteiger partial charge in [-0.1, -0.05) is 19.0 Å². The highest BCUT2D eigenvalue weighted by atomic mass is 16.5. The first-order chi connectivity index (χ1) is 8.67. The van der Waals surface area contributed by atoms with Crippen LogP contribution >= 0.6 is 0 Å². The van der Waals surface area contributed by atoms with Crippen LogP contribution in [0.2, 0.25) is 0 Å². The lowest BCUT2D eigenvalue weighted by atomic mass is 10.0. The third-order valence-electron chi connectivity index (χ3n) is 3.61. The van der Waals surface area contributed by atoms with Crippen LogP contribution in [0.1, 0.15) is 63.8 Å². The van der Waals surface area contributed by atoms with Crippen molar-refractivity contribution < 1.29 is 9.26 Å². The molecule has 0 spiro atoms. The quantitative estimate of drug-likeness (QED) is 0.807. The Hall–Kier alpha value is -0.940. The van der Waals surface area contributed by atoms with Gasteiger partial charge in [0, 0.05) is 12.6 Å². The van der Waals surface area contributed by atoms with Crippen molar-refractivity contribution >= 4 is 0 Å². The number of ether oxygens (including phenoxy) is 1. The molecule has 3 unspecified atom stereocenters. The van der Waals surface area contributed by atoms with Crippen molar-refractivity contribution in [3.05, 3.63) is 11.7 Å². The Bertz CT molecular complexity index is 376. The van der Waals surface area contributed by atoms with E-state index in [0.717, 1.165) is 6.42 Å². The third kappa shape index (κ3) is 2.90. The van der Waals surface area contributed by atoms with Crippen LogP contribution in [-0.2, 0) is 4.74 Å². The van der Waals surface area contributed by atoms with Gasteiger partial charge in [0.1, 0.15) is 6.10 Å². The smallest absolute Gasteiger partial charge is 0.231 e. The van der Waals surface area contributed by atoms with Crippen LogP contribution in [0.5, 0.6) is 0 Å². The van der Waals surface area contributed by atoms with Crippen LogP contribution in [-0.4, -0.2) is 22.8 Å². The monoisotopic (exact) mass is 253 g/mol. The maximum absolute atomic E-state index is 6.01. The number of aromatic nitrogens is 2. The summed E-state index contributed by atoms with van der Waals surface area (Å²) in [5.41, 5.74) is 6.01. The first-order valence-electron chi connectivity index (χ1n) is 6.88. The molecule has 5 heteroatoms. The van der Waals surface area contributed by atoms with Crippen molar-refractivity contribution in [3.63, 3.8) is 0 Å². The second kappa shape index (κ2) is 5.80. The Kier molecular flexibility index (Phi) is 4.35. The number of rotatable bonds is 7. The molecule has 1 aliphatic carbocycles. The number of hydrogen-bond acceptors (Lipinski definition) is 5. The Labute approximate surface area is 108 Å². The minimum absolute atomic E-state index is 0.00227. The average molecular weight is 253 g/mol. The van der Waals surface area contributed by atoms with Crippen LogP contribution in [0.15, 0.2) is 4.52 Å². The molecule has 1 heterocycles. The molecular formula is C13H23N3O2. The molecule has 1 aromatic rings. The van der Waals surface area contributed by atoms with E-state index in [4.69, 9.17) is 15.0 Å². The Morgan fingerprint density at radius 1 is 1.44 bits per heavy atom. The van der Waals surface area contributed by atoms with E-state index < -0.39 is 0 Å². The lowest BCUT2D eigenvalue weighted by Gasteiger charge is -2.13. The van der Waals surface area contributed by atoms with Crippen molar-refractivity contribution in [2.45, 2.75) is 58.1 Å². The van der Waals surface area contributed by atoms with Gasteiger partial charge in [0.15, 0.2) is 0 Å². The van der Waals surface area contributed by atoms with E-state index in [1.165, 1.54) is 12.8 Å². The van der Waals surface area contributed by atoms with Gasteiger partial charge < -0.3 is 15.0 Å². The zero-order chi connectivity index (χ0) is 13.1. The average Bonchev–Trinajstić information content (AvgIpc) is 3.11. The second-order valence-corrected chi connectivity index (χ2v) is 5.06. The van der Waals surface area contributed by atoms with E-state index in [-0.39, 0.29) is 18.1 Å². The van der Waals surface area contributed by atoms with Crippen LogP contribution in [0.25, 0.3) is 0 Å². The summed E-state index contributed by atoms with van der Waals surface area (Å²) in [4.78, 5) is 4.48. The van der Waals surface area contributed by atoms with Crippen molar-refractivity contribution in [3.8, 4) is 0 Å². The molecule has 102 valence electrons. The van der Waals surface area contributed by atoms with Crippen molar-refractivity contribution in [1.29, 1.82) is 0 Å². The van der Waals surface area contributed by atoms with Gasteiger partial charge in [0.2, 0.25) is 11.7 Å².